The highest BCUT2D eigenvalue weighted by Gasteiger charge is 2.38. The van der Waals surface area contributed by atoms with Crippen molar-refractivity contribution in [1.82, 2.24) is 4.31 Å². The standard InChI is InChI=1S/C13H24ClNO2S/c14-9-5-11-18(16,17)15-10-4-8-13(15)12-6-2-1-3-7-12/h12-13H,1-11H2. The Labute approximate surface area is 116 Å². The van der Waals surface area contributed by atoms with Gasteiger partial charge in [0.25, 0.3) is 0 Å². The van der Waals surface area contributed by atoms with Crippen LogP contribution < -0.4 is 0 Å². The zero-order valence-corrected chi connectivity index (χ0v) is 12.6. The van der Waals surface area contributed by atoms with Gasteiger partial charge < -0.3 is 0 Å². The van der Waals surface area contributed by atoms with Crippen LogP contribution in [0.5, 0.6) is 0 Å². The van der Waals surface area contributed by atoms with Crippen LogP contribution >= 0.6 is 11.6 Å². The minimum atomic E-state index is -3.07. The number of hydrogen-bond acceptors (Lipinski definition) is 2. The monoisotopic (exact) mass is 293 g/mol. The van der Waals surface area contributed by atoms with E-state index in [9.17, 15) is 8.42 Å². The summed E-state index contributed by atoms with van der Waals surface area (Å²) in [6, 6.07) is 0.283. The fraction of sp³-hybridized carbons (Fsp3) is 1.00. The van der Waals surface area contributed by atoms with Gasteiger partial charge in [0.2, 0.25) is 10.0 Å². The molecule has 0 spiro atoms. The fourth-order valence-corrected chi connectivity index (χ4v) is 5.59. The van der Waals surface area contributed by atoms with Crippen molar-refractivity contribution in [2.45, 2.75) is 57.4 Å². The Hall–Kier alpha value is 0.200. The quantitative estimate of drug-likeness (QED) is 0.731. The molecule has 2 aliphatic rings. The fourth-order valence-electron chi connectivity index (χ4n) is 3.46. The molecule has 0 aromatic carbocycles. The first-order valence-corrected chi connectivity index (χ1v) is 9.35. The first kappa shape index (κ1) is 14.6. The van der Waals surface area contributed by atoms with Crippen LogP contribution in [0.1, 0.15) is 51.4 Å². The second-order valence-corrected chi connectivity index (χ2v) is 8.00. The second kappa shape index (κ2) is 6.58. The average Bonchev–Trinajstić information content (AvgIpc) is 2.87. The van der Waals surface area contributed by atoms with Crippen LogP contribution in [0.3, 0.4) is 0 Å². The molecular weight excluding hydrogens is 270 g/mol. The van der Waals surface area contributed by atoms with E-state index in [1.165, 1.54) is 32.1 Å². The van der Waals surface area contributed by atoms with Crippen LogP contribution in [-0.2, 0) is 10.0 Å². The smallest absolute Gasteiger partial charge is 0.212 e. The normalized spacial score (nSPS) is 27.7. The van der Waals surface area contributed by atoms with Crippen molar-refractivity contribution in [2.75, 3.05) is 18.2 Å². The van der Waals surface area contributed by atoms with Crippen molar-refractivity contribution in [1.29, 1.82) is 0 Å². The summed E-state index contributed by atoms with van der Waals surface area (Å²) in [5.41, 5.74) is 0. The first-order chi connectivity index (χ1) is 8.65. The molecule has 1 saturated heterocycles. The lowest BCUT2D eigenvalue weighted by molar-refractivity contribution is 0.226. The van der Waals surface area contributed by atoms with Gasteiger partial charge in [-0.25, -0.2) is 8.42 Å². The highest BCUT2D eigenvalue weighted by atomic mass is 35.5. The summed E-state index contributed by atoms with van der Waals surface area (Å²) < 4.78 is 26.4. The maximum Gasteiger partial charge on any atom is 0.214 e. The molecule has 0 aromatic rings. The third kappa shape index (κ3) is 3.40. The Morgan fingerprint density at radius 2 is 1.78 bits per heavy atom. The first-order valence-electron chi connectivity index (χ1n) is 7.20. The van der Waals surface area contributed by atoms with E-state index in [-0.39, 0.29) is 11.8 Å². The summed E-state index contributed by atoms with van der Waals surface area (Å²) in [5.74, 6) is 1.26. The van der Waals surface area contributed by atoms with Gasteiger partial charge in [0.05, 0.1) is 5.75 Å². The zero-order valence-electron chi connectivity index (χ0n) is 11.0. The van der Waals surface area contributed by atoms with Crippen LogP contribution in [0.25, 0.3) is 0 Å². The van der Waals surface area contributed by atoms with Crippen molar-refractivity contribution < 1.29 is 8.42 Å². The van der Waals surface area contributed by atoms with Gasteiger partial charge in [-0.05, 0) is 38.0 Å². The summed E-state index contributed by atoms with van der Waals surface area (Å²) >= 11 is 5.62. The van der Waals surface area contributed by atoms with Gasteiger partial charge in [0, 0.05) is 18.5 Å². The number of hydrogen-bond donors (Lipinski definition) is 0. The molecule has 1 unspecified atom stereocenters. The van der Waals surface area contributed by atoms with Crippen LogP contribution in [0.15, 0.2) is 0 Å². The van der Waals surface area contributed by atoms with Crippen molar-refractivity contribution in [2.24, 2.45) is 5.92 Å². The topological polar surface area (TPSA) is 37.4 Å². The lowest BCUT2D eigenvalue weighted by atomic mass is 9.83. The summed E-state index contributed by atoms with van der Waals surface area (Å²) in [5, 5.41) is 0. The molecule has 2 fully saturated rings. The van der Waals surface area contributed by atoms with Gasteiger partial charge >= 0.3 is 0 Å². The SMILES string of the molecule is O=S(=O)(CCCCl)N1CCCC1C1CCCCC1. The molecule has 1 atom stereocenters. The van der Waals surface area contributed by atoms with Gasteiger partial charge in [-0.3, -0.25) is 0 Å². The summed E-state index contributed by atoms with van der Waals surface area (Å²) in [6.07, 6.45) is 8.96. The van der Waals surface area contributed by atoms with Crippen molar-refractivity contribution >= 4 is 21.6 Å². The Balaban J connectivity index is 2.02. The highest BCUT2D eigenvalue weighted by molar-refractivity contribution is 7.89. The summed E-state index contributed by atoms with van der Waals surface area (Å²) in [4.78, 5) is 0. The lowest BCUT2D eigenvalue weighted by Crippen LogP contribution is -2.41. The van der Waals surface area contributed by atoms with Gasteiger partial charge in [0.15, 0.2) is 0 Å². The number of nitrogens with zero attached hydrogens (tertiary/aromatic N) is 1. The van der Waals surface area contributed by atoms with Crippen LogP contribution in [0.4, 0.5) is 0 Å². The van der Waals surface area contributed by atoms with Crippen molar-refractivity contribution in [3.8, 4) is 0 Å². The van der Waals surface area contributed by atoms with E-state index in [2.05, 4.69) is 0 Å². The summed E-state index contributed by atoms with van der Waals surface area (Å²) in [7, 11) is -3.07. The number of rotatable bonds is 5. The Morgan fingerprint density at radius 3 is 2.44 bits per heavy atom. The van der Waals surface area contributed by atoms with E-state index in [0.29, 0.717) is 18.2 Å². The molecule has 0 radical (unpaired) electrons. The molecule has 0 amide bonds. The third-order valence-corrected chi connectivity index (χ3v) is 6.58. The second-order valence-electron chi connectivity index (χ2n) is 5.58. The van der Waals surface area contributed by atoms with E-state index < -0.39 is 10.0 Å². The van der Waals surface area contributed by atoms with Crippen LogP contribution in [0, 0.1) is 5.92 Å². The number of halogens is 1. The van der Waals surface area contributed by atoms with Crippen LogP contribution in [0.2, 0.25) is 0 Å². The van der Waals surface area contributed by atoms with E-state index in [1.807, 2.05) is 0 Å². The molecule has 0 N–H and O–H groups in total. The molecule has 5 heteroatoms. The molecule has 2 rings (SSSR count). The molecule has 0 bridgehead atoms. The molecule has 1 aliphatic heterocycles. The Morgan fingerprint density at radius 1 is 1.06 bits per heavy atom. The maximum atomic E-state index is 12.3. The van der Waals surface area contributed by atoms with E-state index in [0.717, 1.165) is 19.4 Å². The van der Waals surface area contributed by atoms with Gasteiger partial charge in [-0.15, -0.1) is 11.6 Å². The molecule has 1 heterocycles. The van der Waals surface area contributed by atoms with Gasteiger partial charge in [0.1, 0.15) is 0 Å². The van der Waals surface area contributed by atoms with E-state index >= 15 is 0 Å². The number of sulfonamides is 1. The predicted molar refractivity (Wildman–Crippen MR) is 75.4 cm³/mol. The van der Waals surface area contributed by atoms with E-state index in [4.69, 9.17) is 11.6 Å². The molecule has 3 nitrogen and oxygen atoms in total. The predicted octanol–water partition coefficient (Wildman–Crippen LogP) is 2.99. The Bertz CT molecular complexity index is 352. The summed E-state index contributed by atoms with van der Waals surface area (Å²) in [6.45, 7) is 0.728. The van der Waals surface area contributed by atoms with Crippen LogP contribution in [-0.4, -0.2) is 36.9 Å². The van der Waals surface area contributed by atoms with Gasteiger partial charge in [-0.1, -0.05) is 19.3 Å². The number of alkyl halides is 1. The van der Waals surface area contributed by atoms with E-state index in [1.54, 1.807) is 4.31 Å². The lowest BCUT2D eigenvalue weighted by Gasteiger charge is -2.33. The maximum absolute atomic E-state index is 12.3. The van der Waals surface area contributed by atoms with Crippen molar-refractivity contribution in [3.05, 3.63) is 0 Å². The molecule has 1 aliphatic carbocycles. The molecule has 1 saturated carbocycles. The van der Waals surface area contributed by atoms with Crippen molar-refractivity contribution in [3.63, 3.8) is 0 Å². The molecular formula is C13H24ClNO2S. The Kier molecular flexibility index (Phi) is 5.34. The minimum absolute atomic E-state index is 0.222. The third-order valence-electron chi connectivity index (χ3n) is 4.34. The molecule has 18 heavy (non-hydrogen) atoms. The zero-order chi connectivity index (χ0) is 13.0. The average molecular weight is 294 g/mol. The molecule has 0 aromatic heterocycles. The molecule has 106 valence electrons. The van der Waals surface area contributed by atoms with Gasteiger partial charge in [-0.2, -0.15) is 4.31 Å². The highest BCUT2D eigenvalue weighted by Crippen LogP contribution is 2.35. The minimum Gasteiger partial charge on any atom is -0.212 e. The largest absolute Gasteiger partial charge is 0.214 e.